The van der Waals surface area contributed by atoms with Gasteiger partial charge in [0, 0.05) is 17.4 Å². The number of benzene rings is 1. The first-order valence-corrected chi connectivity index (χ1v) is 7.10. The van der Waals surface area contributed by atoms with E-state index < -0.39 is 0 Å². The molecular weight excluding hydrogens is 262 g/mol. The Balaban J connectivity index is 2.14. The summed E-state index contributed by atoms with van der Waals surface area (Å²) in [6.07, 6.45) is 2.64. The zero-order valence-corrected chi connectivity index (χ0v) is 12.7. The van der Waals surface area contributed by atoms with Gasteiger partial charge in [-0.15, -0.1) is 0 Å². The molecule has 0 bridgehead atoms. The fourth-order valence-corrected chi connectivity index (χ4v) is 2.33. The lowest BCUT2D eigenvalue weighted by Crippen LogP contribution is -2.25. The molecule has 1 aromatic carbocycles. The molecule has 3 N–H and O–H groups in total. The molecule has 0 atom stereocenters. The lowest BCUT2D eigenvalue weighted by Gasteiger charge is -2.11. The number of nitrogens with zero attached hydrogens (tertiary/aromatic N) is 1. The third-order valence-electron chi connectivity index (χ3n) is 3.64. The molecule has 0 saturated heterocycles. The van der Waals surface area contributed by atoms with E-state index in [1.807, 2.05) is 32.0 Å². The summed E-state index contributed by atoms with van der Waals surface area (Å²) in [5.74, 6) is -0.119. The molecular formula is C17H21N3O. The number of nitrogens with two attached hydrogens (primary N) is 1. The minimum atomic E-state index is -0.119. The van der Waals surface area contributed by atoms with E-state index in [2.05, 4.69) is 17.2 Å². The molecule has 0 unspecified atom stereocenters. The van der Waals surface area contributed by atoms with E-state index in [0.717, 1.165) is 28.8 Å². The number of carbonyl (C=O) groups is 1. The second kappa shape index (κ2) is 6.39. The molecule has 2 aromatic rings. The third-order valence-corrected chi connectivity index (χ3v) is 3.64. The van der Waals surface area contributed by atoms with Crippen LogP contribution in [0.15, 0.2) is 30.5 Å². The van der Waals surface area contributed by atoms with Crippen molar-refractivity contribution in [3.05, 3.63) is 58.4 Å². The molecule has 1 aromatic heterocycles. The first kappa shape index (κ1) is 15.0. The van der Waals surface area contributed by atoms with Gasteiger partial charge in [-0.2, -0.15) is 0 Å². The van der Waals surface area contributed by atoms with Crippen LogP contribution < -0.4 is 11.1 Å². The van der Waals surface area contributed by atoms with Crippen LogP contribution in [-0.2, 0) is 13.0 Å². The second-order valence-electron chi connectivity index (χ2n) is 5.17. The van der Waals surface area contributed by atoms with E-state index in [0.29, 0.717) is 17.8 Å². The second-order valence-corrected chi connectivity index (χ2v) is 5.17. The lowest BCUT2D eigenvalue weighted by atomic mass is 10.0. The Kier molecular flexibility index (Phi) is 4.58. The fourth-order valence-electron chi connectivity index (χ4n) is 2.33. The summed E-state index contributed by atoms with van der Waals surface area (Å²) in [5, 5.41) is 2.92. The zero-order valence-electron chi connectivity index (χ0n) is 12.7. The van der Waals surface area contributed by atoms with Gasteiger partial charge in [0.2, 0.25) is 0 Å². The maximum atomic E-state index is 12.3. The molecule has 2 rings (SSSR count). The molecule has 1 amide bonds. The average Bonchev–Trinajstić information content (AvgIpc) is 2.48. The number of amides is 1. The van der Waals surface area contributed by atoms with E-state index >= 15 is 0 Å². The molecule has 0 saturated carbocycles. The molecule has 4 heteroatoms. The largest absolute Gasteiger partial charge is 0.398 e. The van der Waals surface area contributed by atoms with E-state index in [-0.39, 0.29) is 5.91 Å². The topological polar surface area (TPSA) is 68.0 Å². The Morgan fingerprint density at radius 1 is 1.29 bits per heavy atom. The van der Waals surface area contributed by atoms with Crippen molar-refractivity contribution in [2.75, 3.05) is 5.73 Å². The van der Waals surface area contributed by atoms with Crippen molar-refractivity contribution in [3.63, 3.8) is 0 Å². The number of pyridine rings is 1. The highest BCUT2D eigenvalue weighted by Gasteiger charge is 2.11. The first-order valence-electron chi connectivity index (χ1n) is 7.10. The molecule has 4 nitrogen and oxygen atoms in total. The molecule has 21 heavy (non-hydrogen) atoms. The van der Waals surface area contributed by atoms with Crippen molar-refractivity contribution in [2.24, 2.45) is 0 Å². The van der Waals surface area contributed by atoms with Crippen molar-refractivity contribution in [2.45, 2.75) is 33.7 Å². The lowest BCUT2D eigenvalue weighted by molar-refractivity contribution is 0.0950. The number of hydrogen-bond donors (Lipinski definition) is 2. The van der Waals surface area contributed by atoms with Gasteiger partial charge in [-0.3, -0.25) is 9.78 Å². The number of carbonyl (C=O) groups excluding carboxylic acids is 1. The Labute approximate surface area is 125 Å². The molecule has 0 spiro atoms. The van der Waals surface area contributed by atoms with Gasteiger partial charge in [-0.25, -0.2) is 0 Å². The van der Waals surface area contributed by atoms with Gasteiger partial charge in [-0.1, -0.05) is 19.1 Å². The van der Waals surface area contributed by atoms with Gasteiger partial charge in [-0.05, 0) is 49.1 Å². The quantitative estimate of drug-likeness (QED) is 0.848. The van der Waals surface area contributed by atoms with Gasteiger partial charge in [0.05, 0.1) is 12.2 Å². The predicted octanol–water partition coefficient (Wildman–Crippen LogP) is 2.77. The average molecular weight is 283 g/mol. The summed E-state index contributed by atoms with van der Waals surface area (Å²) in [6, 6.07) is 7.61. The van der Waals surface area contributed by atoms with Gasteiger partial charge in [0.1, 0.15) is 0 Å². The highest BCUT2D eigenvalue weighted by Crippen LogP contribution is 2.18. The Hall–Kier alpha value is -2.36. The van der Waals surface area contributed by atoms with Gasteiger partial charge in [0.15, 0.2) is 0 Å². The Morgan fingerprint density at radius 2 is 2.05 bits per heavy atom. The molecule has 0 radical (unpaired) electrons. The van der Waals surface area contributed by atoms with Crippen LogP contribution in [0.4, 0.5) is 5.69 Å². The van der Waals surface area contributed by atoms with Crippen molar-refractivity contribution in [3.8, 4) is 0 Å². The number of aryl methyl sites for hydroxylation is 3. The summed E-state index contributed by atoms with van der Waals surface area (Å²) < 4.78 is 0. The highest BCUT2D eigenvalue weighted by molar-refractivity contribution is 5.96. The SMILES string of the molecule is CCc1cccnc1CNC(=O)c1cc(N)c(C)cc1C. The number of rotatable bonds is 4. The van der Waals surface area contributed by atoms with Crippen LogP contribution >= 0.6 is 0 Å². The van der Waals surface area contributed by atoms with Crippen LogP contribution in [-0.4, -0.2) is 10.9 Å². The zero-order chi connectivity index (χ0) is 15.4. The number of nitrogen functional groups attached to an aromatic ring is 1. The molecule has 0 aliphatic carbocycles. The normalized spacial score (nSPS) is 10.4. The molecule has 0 fully saturated rings. The molecule has 0 aliphatic heterocycles. The minimum absolute atomic E-state index is 0.119. The number of anilines is 1. The predicted molar refractivity (Wildman–Crippen MR) is 85.1 cm³/mol. The summed E-state index contributed by atoms with van der Waals surface area (Å²) in [6.45, 7) is 6.36. The summed E-state index contributed by atoms with van der Waals surface area (Å²) >= 11 is 0. The van der Waals surface area contributed by atoms with Gasteiger partial charge in [0.25, 0.3) is 5.91 Å². The summed E-state index contributed by atoms with van der Waals surface area (Å²) in [7, 11) is 0. The maximum Gasteiger partial charge on any atom is 0.251 e. The Morgan fingerprint density at radius 3 is 2.76 bits per heavy atom. The van der Waals surface area contributed by atoms with E-state index in [1.165, 1.54) is 0 Å². The molecule has 0 aliphatic rings. The van der Waals surface area contributed by atoms with Crippen molar-refractivity contribution in [1.29, 1.82) is 0 Å². The minimum Gasteiger partial charge on any atom is -0.398 e. The van der Waals surface area contributed by atoms with Crippen LogP contribution in [0, 0.1) is 13.8 Å². The smallest absolute Gasteiger partial charge is 0.251 e. The first-order chi connectivity index (χ1) is 10.0. The summed E-state index contributed by atoms with van der Waals surface area (Å²) in [4.78, 5) is 16.6. The number of aromatic nitrogens is 1. The molecule has 1 heterocycles. The van der Waals surface area contributed by atoms with E-state index in [9.17, 15) is 4.79 Å². The van der Waals surface area contributed by atoms with Gasteiger partial charge < -0.3 is 11.1 Å². The van der Waals surface area contributed by atoms with Crippen LogP contribution in [0.3, 0.4) is 0 Å². The number of nitrogens with one attached hydrogen (secondary N) is 1. The molecule has 110 valence electrons. The van der Waals surface area contributed by atoms with Crippen LogP contribution in [0.5, 0.6) is 0 Å². The standard InChI is InChI=1S/C17H21N3O/c1-4-13-6-5-7-19-16(13)10-20-17(21)14-9-15(18)12(3)8-11(14)2/h5-9H,4,10,18H2,1-3H3,(H,20,21). The van der Waals surface area contributed by atoms with Crippen LogP contribution in [0.25, 0.3) is 0 Å². The van der Waals surface area contributed by atoms with E-state index in [1.54, 1.807) is 12.3 Å². The third kappa shape index (κ3) is 3.40. The van der Waals surface area contributed by atoms with Crippen molar-refractivity contribution < 1.29 is 4.79 Å². The van der Waals surface area contributed by atoms with Crippen molar-refractivity contribution >= 4 is 11.6 Å². The Bertz CT molecular complexity index is 665. The number of hydrogen-bond acceptors (Lipinski definition) is 3. The van der Waals surface area contributed by atoms with Gasteiger partial charge >= 0.3 is 0 Å². The van der Waals surface area contributed by atoms with Crippen molar-refractivity contribution in [1.82, 2.24) is 10.3 Å². The van der Waals surface area contributed by atoms with E-state index in [4.69, 9.17) is 5.73 Å². The van der Waals surface area contributed by atoms with Crippen LogP contribution in [0.1, 0.15) is 39.7 Å². The van der Waals surface area contributed by atoms with Crippen LogP contribution in [0.2, 0.25) is 0 Å². The fraction of sp³-hybridized carbons (Fsp3) is 0.294. The summed E-state index contributed by atoms with van der Waals surface area (Å²) in [5.41, 5.74) is 11.1. The maximum absolute atomic E-state index is 12.3. The highest BCUT2D eigenvalue weighted by atomic mass is 16.1. The monoisotopic (exact) mass is 283 g/mol.